The van der Waals surface area contributed by atoms with Crippen molar-refractivity contribution in [2.75, 3.05) is 5.32 Å². The maximum absolute atomic E-state index is 12.3. The minimum Gasteiger partial charge on any atom is -0.325 e. The molecule has 0 aliphatic carbocycles. The number of rotatable bonds is 5. The van der Waals surface area contributed by atoms with Gasteiger partial charge in [0.2, 0.25) is 11.1 Å². The first kappa shape index (κ1) is 18.0. The summed E-state index contributed by atoms with van der Waals surface area (Å²) in [5.41, 5.74) is 1.62. The number of carbonyl (C=O) groups is 1. The Labute approximate surface area is 162 Å². The lowest BCUT2D eigenvalue weighted by atomic mass is 10.2. The number of amides is 1. The van der Waals surface area contributed by atoms with Gasteiger partial charge in [-0.25, -0.2) is 4.98 Å². The highest BCUT2D eigenvalue weighted by Crippen LogP contribution is 2.28. The first-order chi connectivity index (χ1) is 12.0. The van der Waals surface area contributed by atoms with Gasteiger partial charge in [-0.2, -0.15) is 0 Å². The summed E-state index contributed by atoms with van der Waals surface area (Å²) in [6.45, 7) is 1.81. The predicted molar refractivity (Wildman–Crippen MR) is 105 cm³/mol. The number of nitrogens with zero attached hydrogens (tertiary/aromatic N) is 2. The van der Waals surface area contributed by atoms with Crippen LogP contribution in [0.1, 0.15) is 6.92 Å². The van der Waals surface area contributed by atoms with Gasteiger partial charge >= 0.3 is 0 Å². The van der Waals surface area contributed by atoms with E-state index < -0.39 is 0 Å². The second-order valence-electron chi connectivity index (χ2n) is 5.20. The molecule has 0 radical (unpaired) electrons. The van der Waals surface area contributed by atoms with Gasteiger partial charge in [0.25, 0.3) is 0 Å². The third kappa shape index (κ3) is 4.62. The third-order valence-corrected chi connectivity index (χ3v) is 5.26. The minimum absolute atomic E-state index is 0.125. The van der Waals surface area contributed by atoms with E-state index in [4.69, 9.17) is 11.6 Å². The van der Waals surface area contributed by atoms with E-state index in [1.54, 1.807) is 24.3 Å². The van der Waals surface area contributed by atoms with Crippen LogP contribution in [0.5, 0.6) is 0 Å². The first-order valence-electron chi connectivity index (χ1n) is 7.43. The van der Waals surface area contributed by atoms with E-state index in [0.29, 0.717) is 21.7 Å². The Balaban J connectivity index is 1.65. The molecule has 2 N–H and O–H groups in total. The summed E-state index contributed by atoms with van der Waals surface area (Å²) in [6, 6.07) is 14.7. The molecule has 1 unspecified atom stereocenters. The van der Waals surface area contributed by atoms with E-state index in [0.717, 1.165) is 10.0 Å². The zero-order valence-corrected chi connectivity index (χ0v) is 16.3. The van der Waals surface area contributed by atoms with Crippen molar-refractivity contribution in [3.63, 3.8) is 0 Å². The van der Waals surface area contributed by atoms with Crippen molar-refractivity contribution in [1.82, 2.24) is 15.2 Å². The molecule has 0 aliphatic heterocycles. The second-order valence-corrected chi connectivity index (χ2v) is 7.80. The Kier molecular flexibility index (Phi) is 5.78. The number of aromatic nitrogens is 3. The van der Waals surface area contributed by atoms with Gasteiger partial charge in [-0.3, -0.25) is 9.89 Å². The zero-order valence-electron chi connectivity index (χ0n) is 13.2. The Morgan fingerprint density at radius 2 is 1.96 bits per heavy atom. The molecule has 1 heterocycles. The van der Waals surface area contributed by atoms with Crippen molar-refractivity contribution in [3.05, 3.63) is 58.0 Å². The van der Waals surface area contributed by atoms with Crippen molar-refractivity contribution in [1.29, 1.82) is 0 Å². The molecule has 0 aliphatic rings. The molecule has 1 atom stereocenters. The van der Waals surface area contributed by atoms with Crippen LogP contribution in [0.4, 0.5) is 5.69 Å². The van der Waals surface area contributed by atoms with Crippen LogP contribution in [-0.4, -0.2) is 26.3 Å². The van der Waals surface area contributed by atoms with Gasteiger partial charge in [0.05, 0.1) is 5.25 Å². The largest absolute Gasteiger partial charge is 0.325 e. The molecule has 0 spiro atoms. The molecule has 0 bridgehead atoms. The lowest BCUT2D eigenvalue weighted by molar-refractivity contribution is -0.115. The Morgan fingerprint density at radius 3 is 2.68 bits per heavy atom. The fraction of sp³-hybridized carbons (Fsp3) is 0.118. The van der Waals surface area contributed by atoms with Crippen molar-refractivity contribution < 1.29 is 4.79 Å². The van der Waals surface area contributed by atoms with Crippen LogP contribution in [0, 0.1) is 0 Å². The molecule has 1 aromatic heterocycles. The predicted octanol–water partition coefficient (Wildman–Crippen LogP) is 5.01. The minimum atomic E-state index is -0.349. The molecule has 2 aromatic carbocycles. The highest BCUT2D eigenvalue weighted by atomic mass is 79.9. The number of nitrogens with one attached hydrogen (secondary N) is 2. The topological polar surface area (TPSA) is 70.7 Å². The van der Waals surface area contributed by atoms with Crippen LogP contribution in [0.3, 0.4) is 0 Å². The number of aromatic amines is 1. The van der Waals surface area contributed by atoms with Crippen LogP contribution < -0.4 is 5.32 Å². The van der Waals surface area contributed by atoms with E-state index >= 15 is 0 Å². The van der Waals surface area contributed by atoms with Gasteiger partial charge in [0.1, 0.15) is 0 Å². The van der Waals surface area contributed by atoms with Crippen molar-refractivity contribution >= 4 is 50.9 Å². The van der Waals surface area contributed by atoms with Crippen molar-refractivity contribution in [2.24, 2.45) is 0 Å². The van der Waals surface area contributed by atoms with Gasteiger partial charge in [0, 0.05) is 20.7 Å². The summed E-state index contributed by atoms with van der Waals surface area (Å²) in [7, 11) is 0. The van der Waals surface area contributed by atoms with Crippen molar-refractivity contribution in [3.8, 4) is 11.4 Å². The molecule has 3 rings (SSSR count). The number of thioether (sulfide) groups is 1. The number of anilines is 1. The average Bonchev–Trinajstić information content (AvgIpc) is 3.05. The maximum Gasteiger partial charge on any atom is 0.237 e. The highest BCUT2D eigenvalue weighted by Gasteiger charge is 2.18. The first-order valence-corrected chi connectivity index (χ1v) is 9.48. The smallest absolute Gasteiger partial charge is 0.237 e. The van der Waals surface area contributed by atoms with E-state index in [9.17, 15) is 4.79 Å². The SMILES string of the molecule is CC(Sc1n[nH]c(-c2ccccc2Br)n1)C(=O)Nc1ccc(Cl)cc1. The molecule has 8 heteroatoms. The van der Waals surface area contributed by atoms with Crippen LogP contribution in [0.25, 0.3) is 11.4 Å². The molecule has 5 nitrogen and oxygen atoms in total. The van der Waals surface area contributed by atoms with E-state index in [-0.39, 0.29) is 11.2 Å². The summed E-state index contributed by atoms with van der Waals surface area (Å²) < 4.78 is 0.927. The molecule has 3 aromatic rings. The number of benzene rings is 2. The highest BCUT2D eigenvalue weighted by molar-refractivity contribution is 9.10. The monoisotopic (exact) mass is 436 g/mol. The Morgan fingerprint density at radius 1 is 1.24 bits per heavy atom. The molecule has 0 saturated heterocycles. The van der Waals surface area contributed by atoms with Crippen LogP contribution in [0.15, 0.2) is 58.2 Å². The molecular weight excluding hydrogens is 424 g/mol. The Bertz CT molecular complexity index is 884. The fourth-order valence-electron chi connectivity index (χ4n) is 2.06. The molecule has 0 saturated carbocycles. The zero-order chi connectivity index (χ0) is 17.8. The lowest BCUT2D eigenvalue weighted by Gasteiger charge is -2.10. The van der Waals surface area contributed by atoms with E-state index in [2.05, 4.69) is 36.4 Å². The molecule has 0 fully saturated rings. The maximum atomic E-state index is 12.3. The van der Waals surface area contributed by atoms with Crippen LogP contribution >= 0.6 is 39.3 Å². The summed E-state index contributed by atoms with van der Waals surface area (Å²) in [6.07, 6.45) is 0. The number of hydrogen-bond donors (Lipinski definition) is 2. The molecular formula is C17H14BrClN4OS. The fourth-order valence-corrected chi connectivity index (χ4v) is 3.38. The number of hydrogen-bond acceptors (Lipinski definition) is 4. The summed E-state index contributed by atoms with van der Waals surface area (Å²) in [4.78, 5) is 16.7. The van der Waals surface area contributed by atoms with Gasteiger partial charge < -0.3 is 5.32 Å². The van der Waals surface area contributed by atoms with Crippen LogP contribution in [-0.2, 0) is 4.79 Å². The number of halogens is 2. The third-order valence-electron chi connectivity index (χ3n) is 3.36. The summed E-state index contributed by atoms with van der Waals surface area (Å²) in [5, 5.41) is 10.7. The number of carbonyl (C=O) groups excluding carboxylic acids is 1. The van der Waals surface area contributed by atoms with Gasteiger partial charge in [-0.15, -0.1) is 5.10 Å². The summed E-state index contributed by atoms with van der Waals surface area (Å²) in [5.74, 6) is 0.528. The lowest BCUT2D eigenvalue weighted by Crippen LogP contribution is -2.22. The molecule has 25 heavy (non-hydrogen) atoms. The average molecular weight is 438 g/mol. The standard InChI is InChI=1S/C17H14BrClN4OS/c1-10(16(24)20-12-8-6-11(19)7-9-12)25-17-21-15(22-23-17)13-4-2-3-5-14(13)18/h2-10H,1H3,(H,20,24)(H,21,22,23). The molecule has 1 amide bonds. The quantitative estimate of drug-likeness (QED) is 0.551. The van der Waals surface area contributed by atoms with Crippen LogP contribution in [0.2, 0.25) is 5.02 Å². The van der Waals surface area contributed by atoms with E-state index in [1.807, 2.05) is 31.2 Å². The second kappa shape index (κ2) is 8.03. The van der Waals surface area contributed by atoms with Gasteiger partial charge in [-0.05, 0) is 37.3 Å². The van der Waals surface area contributed by atoms with Gasteiger partial charge in [0.15, 0.2) is 5.82 Å². The van der Waals surface area contributed by atoms with Gasteiger partial charge in [-0.1, -0.05) is 57.5 Å². The van der Waals surface area contributed by atoms with Crippen molar-refractivity contribution in [2.45, 2.75) is 17.3 Å². The molecule has 128 valence electrons. The Hall–Kier alpha value is -1.83. The number of H-pyrrole nitrogens is 1. The summed E-state index contributed by atoms with van der Waals surface area (Å²) >= 11 is 10.6. The van der Waals surface area contributed by atoms with E-state index in [1.165, 1.54) is 11.8 Å². The normalized spacial score (nSPS) is 12.0.